The van der Waals surface area contributed by atoms with E-state index >= 15 is 0 Å². The fourth-order valence-corrected chi connectivity index (χ4v) is 1.90. The van der Waals surface area contributed by atoms with Crippen LogP contribution in [-0.2, 0) is 6.42 Å². The van der Waals surface area contributed by atoms with E-state index < -0.39 is 0 Å². The summed E-state index contributed by atoms with van der Waals surface area (Å²) in [6, 6.07) is 8.21. The van der Waals surface area contributed by atoms with Gasteiger partial charge in [-0.05, 0) is 17.5 Å². The molecule has 0 aliphatic carbocycles. The van der Waals surface area contributed by atoms with Gasteiger partial charge in [-0.2, -0.15) is 5.10 Å². The summed E-state index contributed by atoms with van der Waals surface area (Å²) in [5.74, 6) is 6.31. The number of benzene rings is 1. The second-order valence-corrected chi connectivity index (χ2v) is 3.97. The average Bonchev–Trinajstić information content (AvgIpc) is 2.85. The zero-order valence-corrected chi connectivity index (χ0v) is 9.85. The number of nitrogens with one attached hydrogen (secondary N) is 2. The summed E-state index contributed by atoms with van der Waals surface area (Å²) >= 11 is 0. The van der Waals surface area contributed by atoms with E-state index in [-0.39, 0.29) is 6.04 Å². The van der Waals surface area contributed by atoms with Crippen molar-refractivity contribution in [1.82, 2.24) is 20.6 Å². The second kappa shape index (κ2) is 5.56. The topological polar surface area (TPSA) is 79.6 Å². The van der Waals surface area contributed by atoms with Crippen LogP contribution in [0.1, 0.15) is 36.3 Å². The molecule has 2 aromatic rings. The number of rotatable bonds is 5. The van der Waals surface area contributed by atoms with Gasteiger partial charge in [-0.25, -0.2) is 10.4 Å². The highest BCUT2D eigenvalue weighted by Gasteiger charge is 2.15. The standard InChI is InChI=1S/C12H17N5/c1-2-4-9-5-3-6-10(7-9)11(16-13)12-14-8-15-17-12/h3,5-8,11,16H,2,4,13H2,1H3,(H,14,15,17). The Hall–Kier alpha value is -1.72. The Labute approximate surface area is 100 Å². The first-order chi connectivity index (χ1) is 8.35. The Bertz CT molecular complexity index is 452. The zero-order chi connectivity index (χ0) is 12.1. The number of H-pyrrole nitrogens is 1. The van der Waals surface area contributed by atoms with Crippen LogP contribution in [0.25, 0.3) is 0 Å². The van der Waals surface area contributed by atoms with Gasteiger partial charge in [0.1, 0.15) is 18.2 Å². The van der Waals surface area contributed by atoms with E-state index in [0.29, 0.717) is 0 Å². The number of aromatic nitrogens is 3. The van der Waals surface area contributed by atoms with Crippen LogP contribution in [0, 0.1) is 0 Å². The molecule has 0 saturated heterocycles. The summed E-state index contributed by atoms with van der Waals surface area (Å²) in [4.78, 5) is 4.13. The van der Waals surface area contributed by atoms with E-state index in [1.807, 2.05) is 12.1 Å². The van der Waals surface area contributed by atoms with Crippen molar-refractivity contribution < 1.29 is 0 Å². The third kappa shape index (κ3) is 2.69. The summed E-state index contributed by atoms with van der Waals surface area (Å²) in [6.45, 7) is 2.17. The Morgan fingerprint density at radius 2 is 2.35 bits per heavy atom. The predicted octanol–water partition coefficient (Wildman–Crippen LogP) is 1.31. The maximum Gasteiger partial charge on any atom is 0.147 e. The number of aromatic amines is 1. The Morgan fingerprint density at radius 1 is 1.47 bits per heavy atom. The van der Waals surface area contributed by atoms with E-state index in [9.17, 15) is 0 Å². The molecule has 1 heterocycles. The summed E-state index contributed by atoms with van der Waals surface area (Å²) < 4.78 is 0. The second-order valence-electron chi connectivity index (χ2n) is 3.97. The molecule has 5 heteroatoms. The van der Waals surface area contributed by atoms with Gasteiger partial charge >= 0.3 is 0 Å². The van der Waals surface area contributed by atoms with E-state index in [1.165, 1.54) is 11.9 Å². The maximum absolute atomic E-state index is 5.58. The normalized spacial score (nSPS) is 12.6. The minimum atomic E-state index is -0.144. The lowest BCUT2D eigenvalue weighted by molar-refractivity contribution is 0.603. The number of nitrogens with zero attached hydrogens (tertiary/aromatic N) is 2. The first-order valence-corrected chi connectivity index (χ1v) is 5.75. The minimum absolute atomic E-state index is 0.144. The molecule has 0 saturated carbocycles. The van der Waals surface area contributed by atoms with Crippen molar-refractivity contribution in [3.05, 3.63) is 47.5 Å². The van der Waals surface area contributed by atoms with E-state index in [0.717, 1.165) is 24.2 Å². The quantitative estimate of drug-likeness (QED) is 0.535. The molecule has 0 bridgehead atoms. The molecule has 0 aliphatic heterocycles. The molecule has 2 rings (SSSR count). The molecule has 0 amide bonds. The Morgan fingerprint density at radius 3 is 3.00 bits per heavy atom. The van der Waals surface area contributed by atoms with Crippen molar-refractivity contribution in [2.75, 3.05) is 0 Å². The van der Waals surface area contributed by atoms with Crippen LogP contribution < -0.4 is 11.3 Å². The number of hydrogen-bond donors (Lipinski definition) is 3. The van der Waals surface area contributed by atoms with Gasteiger partial charge in [0, 0.05) is 0 Å². The molecule has 0 aliphatic rings. The maximum atomic E-state index is 5.58. The van der Waals surface area contributed by atoms with Gasteiger partial charge in [0.05, 0.1) is 0 Å². The number of hydrazine groups is 1. The van der Waals surface area contributed by atoms with Crippen LogP contribution in [0.2, 0.25) is 0 Å². The van der Waals surface area contributed by atoms with Crippen LogP contribution in [-0.4, -0.2) is 15.2 Å². The molecular weight excluding hydrogens is 214 g/mol. The monoisotopic (exact) mass is 231 g/mol. The fourth-order valence-electron chi connectivity index (χ4n) is 1.90. The van der Waals surface area contributed by atoms with Gasteiger partial charge in [0.2, 0.25) is 0 Å². The molecule has 1 aromatic carbocycles. The van der Waals surface area contributed by atoms with Crippen molar-refractivity contribution in [3.8, 4) is 0 Å². The number of nitrogens with two attached hydrogens (primary N) is 1. The van der Waals surface area contributed by atoms with Crippen molar-refractivity contribution in [3.63, 3.8) is 0 Å². The van der Waals surface area contributed by atoms with Gasteiger partial charge in [-0.3, -0.25) is 10.9 Å². The van der Waals surface area contributed by atoms with Gasteiger partial charge < -0.3 is 0 Å². The van der Waals surface area contributed by atoms with Gasteiger partial charge in [0.15, 0.2) is 0 Å². The lowest BCUT2D eigenvalue weighted by Crippen LogP contribution is -2.29. The fraction of sp³-hybridized carbons (Fsp3) is 0.333. The highest BCUT2D eigenvalue weighted by atomic mass is 15.3. The van der Waals surface area contributed by atoms with Gasteiger partial charge in [0.25, 0.3) is 0 Å². The van der Waals surface area contributed by atoms with Gasteiger partial charge in [-0.1, -0.05) is 37.6 Å². The third-order valence-corrected chi connectivity index (χ3v) is 2.70. The molecule has 0 spiro atoms. The van der Waals surface area contributed by atoms with Crippen LogP contribution >= 0.6 is 0 Å². The predicted molar refractivity (Wildman–Crippen MR) is 66.0 cm³/mol. The lowest BCUT2D eigenvalue weighted by atomic mass is 10.0. The molecule has 0 radical (unpaired) electrons. The van der Waals surface area contributed by atoms with Crippen molar-refractivity contribution in [1.29, 1.82) is 0 Å². The van der Waals surface area contributed by atoms with E-state index in [2.05, 4.69) is 39.7 Å². The molecule has 17 heavy (non-hydrogen) atoms. The number of hydrogen-bond acceptors (Lipinski definition) is 4. The molecule has 1 aromatic heterocycles. The first-order valence-electron chi connectivity index (χ1n) is 5.75. The zero-order valence-electron chi connectivity index (χ0n) is 9.85. The Balaban J connectivity index is 2.28. The van der Waals surface area contributed by atoms with Crippen molar-refractivity contribution in [2.24, 2.45) is 5.84 Å². The van der Waals surface area contributed by atoms with Crippen LogP contribution in [0.15, 0.2) is 30.6 Å². The third-order valence-electron chi connectivity index (χ3n) is 2.70. The summed E-state index contributed by atoms with van der Waals surface area (Å²) in [7, 11) is 0. The highest BCUT2D eigenvalue weighted by Crippen LogP contribution is 2.19. The van der Waals surface area contributed by atoms with Crippen LogP contribution in [0.3, 0.4) is 0 Å². The molecule has 90 valence electrons. The highest BCUT2D eigenvalue weighted by molar-refractivity contribution is 5.29. The summed E-state index contributed by atoms with van der Waals surface area (Å²) in [5, 5.41) is 6.68. The molecule has 0 fully saturated rings. The summed E-state index contributed by atoms with van der Waals surface area (Å²) in [5.41, 5.74) is 5.16. The molecule has 4 N–H and O–H groups in total. The molecular formula is C12H17N5. The molecule has 1 atom stereocenters. The number of aryl methyl sites for hydroxylation is 1. The minimum Gasteiger partial charge on any atom is -0.270 e. The lowest BCUT2D eigenvalue weighted by Gasteiger charge is -2.14. The largest absolute Gasteiger partial charge is 0.270 e. The van der Waals surface area contributed by atoms with E-state index in [1.54, 1.807) is 0 Å². The van der Waals surface area contributed by atoms with Crippen molar-refractivity contribution in [2.45, 2.75) is 25.8 Å². The SMILES string of the molecule is CCCc1cccc(C(NN)c2ncn[nH]2)c1. The summed E-state index contributed by atoms with van der Waals surface area (Å²) in [6.07, 6.45) is 3.68. The van der Waals surface area contributed by atoms with Crippen molar-refractivity contribution >= 4 is 0 Å². The van der Waals surface area contributed by atoms with Crippen LogP contribution in [0.5, 0.6) is 0 Å². The van der Waals surface area contributed by atoms with Crippen LogP contribution in [0.4, 0.5) is 0 Å². The smallest absolute Gasteiger partial charge is 0.147 e. The Kier molecular flexibility index (Phi) is 3.85. The molecule has 1 unspecified atom stereocenters. The first kappa shape index (κ1) is 11.8. The van der Waals surface area contributed by atoms with E-state index in [4.69, 9.17) is 5.84 Å². The average molecular weight is 231 g/mol. The molecule has 5 nitrogen and oxygen atoms in total. The van der Waals surface area contributed by atoms with Gasteiger partial charge in [-0.15, -0.1) is 0 Å².